The van der Waals surface area contributed by atoms with Crippen LogP contribution in [0.4, 0.5) is 4.79 Å². The van der Waals surface area contributed by atoms with Crippen LogP contribution in [0, 0.1) is 5.92 Å². The molecule has 0 spiro atoms. The molecule has 0 aliphatic heterocycles. The van der Waals surface area contributed by atoms with Crippen LogP contribution < -0.4 is 21.7 Å². The van der Waals surface area contributed by atoms with Crippen molar-refractivity contribution >= 4 is 29.8 Å². The number of nitrogens with one attached hydrogen (secondary N) is 3. The first-order valence-electron chi connectivity index (χ1n) is 9.76. The van der Waals surface area contributed by atoms with E-state index >= 15 is 0 Å². The molecular formula is C19H34N4O7. The Hall–Kier alpha value is -2.85. The van der Waals surface area contributed by atoms with Crippen molar-refractivity contribution in [2.24, 2.45) is 11.7 Å². The molecule has 0 bridgehead atoms. The third kappa shape index (κ3) is 12.6. The third-order valence-electron chi connectivity index (χ3n) is 3.47. The Morgan fingerprint density at radius 1 is 0.967 bits per heavy atom. The van der Waals surface area contributed by atoms with Gasteiger partial charge in [0.05, 0.1) is 13.0 Å². The second-order valence-electron chi connectivity index (χ2n) is 8.08. The van der Waals surface area contributed by atoms with E-state index in [0.717, 1.165) is 0 Å². The fraction of sp³-hybridized carbons (Fsp3) is 0.737. The Kier molecular flexibility index (Phi) is 11.5. The van der Waals surface area contributed by atoms with Gasteiger partial charge in [-0.2, -0.15) is 0 Å². The molecule has 11 nitrogen and oxygen atoms in total. The molecule has 11 heteroatoms. The average Bonchev–Trinajstić information content (AvgIpc) is 2.56. The molecule has 0 heterocycles. The Morgan fingerprint density at radius 3 is 2.03 bits per heavy atom. The predicted molar refractivity (Wildman–Crippen MR) is 108 cm³/mol. The quantitative estimate of drug-likeness (QED) is 0.334. The van der Waals surface area contributed by atoms with Gasteiger partial charge in [-0.1, -0.05) is 13.8 Å². The summed E-state index contributed by atoms with van der Waals surface area (Å²) in [5.41, 5.74) is 4.36. The summed E-state index contributed by atoms with van der Waals surface area (Å²) >= 11 is 0. The van der Waals surface area contributed by atoms with Crippen LogP contribution in [-0.4, -0.2) is 60.6 Å². The van der Waals surface area contributed by atoms with E-state index < -0.39 is 53.9 Å². The van der Waals surface area contributed by atoms with E-state index in [1.54, 1.807) is 27.7 Å². The molecule has 0 aliphatic rings. The van der Waals surface area contributed by atoms with Gasteiger partial charge in [0.15, 0.2) is 0 Å². The second kappa shape index (κ2) is 12.7. The van der Waals surface area contributed by atoms with Gasteiger partial charge in [0.2, 0.25) is 17.7 Å². The lowest BCUT2D eigenvalue weighted by Gasteiger charge is -2.25. The number of esters is 1. The highest BCUT2D eigenvalue weighted by molar-refractivity contribution is 5.94. The Balaban J connectivity index is 5.22. The summed E-state index contributed by atoms with van der Waals surface area (Å²) in [5, 5.41) is 7.18. The van der Waals surface area contributed by atoms with Crippen molar-refractivity contribution in [3.63, 3.8) is 0 Å². The van der Waals surface area contributed by atoms with Crippen molar-refractivity contribution in [2.75, 3.05) is 13.2 Å². The van der Waals surface area contributed by atoms with Gasteiger partial charge in [-0.3, -0.25) is 19.2 Å². The highest BCUT2D eigenvalue weighted by atomic mass is 16.6. The molecular weight excluding hydrogens is 396 g/mol. The molecule has 2 atom stereocenters. The maximum Gasteiger partial charge on any atom is 0.408 e. The van der Waals surface area contributed by atoms with E-state index in [2.05, 4.69) is 16.0 Å². The van der Waals surface area contributed by atoms with Crippen LogP contribution in [0.15, 0.2) is 0 Å². The van der Waals surface area contributed by atoms with Gasteiger partial charge in [-0.25, -0.2) is 4.79 Å². The minimum absolute atomic E-state index is 0.0250. The maximum atomic E-state index is 12.7. The Labute approximate surface area is 176 Å². The van der Waals surface area contributed by atoms with Crippen LogP contribution >= 0.6 is 0 Å². The van der Waals surface area contributed by atoms with Gasteiger partial charge >= 0.3 is 12.1 Å². The van der Waals surface area contributed by atoms with E-state index in [1.165, 1.54) is 0 Å². The number of carbonyl (C=O) groups is 5. The van der Waals surface area contributed by atoms with Gasteiger partial charge in [0, 0.05) is 0 Å². The van der Waals surface area contributed by atoms with Crippen molar-refractivity contribution in [3.05, 3.63) is 0 Å². The average molecular weight is 431 g/mol. The molecule has 0 unspecified atom stereocenters. The first kappa shape index (κ1) is 27.1. The van der Waals surface area contributed by atoms with Crippen LogP contribution in [0.2, 0.25) is 0 Å². The minimum atomic E-state index is -1.33. The predicted octanol–water partition coefficient (Wildman–Crippen LogP) is -0.0347. The third-order valence-corrected chi connectivity index (χ3v) is 3.47. The number of carbonyl (C=O) groups excluding carboxylic acids is 5. The van der Waals surface area contributed by atoms with E-state index in [-0.39, 0.29) is 25.5 Å². The summed E-state index contributed by atoms with van der Waals surface area (Å²) in [4.78, 5) is 59.9. The molecule has 0 fully saturated rings. The van der Waals surface area contributed by atoms with Crippen molar-refractivity contribution in [2.45, 2.75) is 72.1 Å². The lowest BCUT2D eigenvalue weighted by molar-refractivity contribution is -0.143. The topological polar surface area (TPSA) is 166 Å². The summed E-state index contributed by atoms with van der Waals surface area (Å²) < 4.78 is 9.84. The SMILES string of the molecule is CCOC(=O)CNC(=O)[C@H](CC(C)C)NC(=O)[C@H](CC(N)=O)NC(=O)OC(C)(C)C. The molecule has 0 aromatic rings. The lowest BCUT2D eigenvalue weighted by Crippen LogP contribution is -2.55. The number of hydrogen-bond donors (Lipinski definition) is 4. The van der Waals surface area contributed by atoms with Gasteiger partial charge in [-0.05, 0) is 40.0 Å². The molecule has 172 valence electrons. The molecule has 0 saturated carbocycles. The molecule has 0 aromatic carbocycles. The summed E-state index contributed by atoms with van der Waals surface area (Å²) in [6.07, 6.45) is -1.13. The maximum absolute atomic E-state index is 12.7. The number of nitrogens with two attached hydrogens (primary N) is 1. The van der Waals surface area contributed by atoms with Crippen molar-refractivity contribution in [1.82, 2.24) is 16.0 Å². The molecule has 4 amide bonds. The lowest BCUT2D eigenvalue weighted by atomic mass is 10.0. The van der Waals surface area contributed by atoms with Gasteiger partial charge in [0.25, 0.3) is 0 Å². The zero-order valence-electron chi connectivity index (χ0n) is 18.5. The van der Waals surface area contributed by atoms with Gasteiger partial charge in [0.1, 0.15) is 24.2 Å². The zero-order chi connectivity index (χ0) is 23.5. The Morgan fingerprint density at radius 2 is 1.57 bits per heavy atom. The minimum Gasteiger partial charge on any atom is -0.465 e. The molecule has 0 aromatic heterocycles. The van der Waals surface area contributed by atoms with Crippen LogP contribution in [0.25, 0.3) is 0 Å². The smallest absolute Gasteiger partial charge is 0.408 e. The molecule has 0 aliphatic carbocycles. The zero-order valence-corrected chi connectivity index (χ0v) is 18.5. The number of rotatable bonds is 11. The summed E-state index contributed by atoms with van der Waals surface area (Å²) in [5.74, 6) is -2.79. The van der Waals surface area contributed by atoms with Gasteiger partial charge < -0.3 is 31.2 Å². The fourth-order valence-electron chi connectivity index (χ4n) is 2.33. The summed E-state index contributed by atoms with van der Waals surface area (Å²) in [6.45, 7) is 10.1. The number of ether oxygens (including phenoxy) is 2. The van der Waals surface area contributed by atoms with E-state index in [1.807, 2.05) is 13.8 Å². The van der Waals surface area contributed by atoms with Crippen molar-refractivity contribution in [1.29, 1.82) is 0 Å². The number of hydrogen-bond acceptors (Lipinski definition) is 7. The highest BCUT2D eigenvalue weighted by Crippen LogP contribution is 2.09. The molecule has 0 saturated heterocycles. The summed E-state index contributed by atoms with van der Waals surface area (Å²) in [7, 11) is 0. The first-order chi connectivity index (χ1) is 13.7. The second-order valence-corrected chi connectivity index (χ2v) is 8.08. The number of alkyl carbamates (subject to hydrolysis) is 1. The number of primary amides is 1. The molecule has 0 rings (SSSR count). The monoisotopic (exact) mass is 430 g/mol. The highest BCUT2D eigenvalue weighted by Gasteiger charge is 2.30. The van der Waals surface area contributed by atoms with Crippen molar-refractivity contribution < 1.29 is 33.4 Å². The molecule has 30 heavy (non-hydrogen) atoms. The van der Waals surface area contributed by atoms with Crippen LogP contribution in [0.3, 0.4) is 0 Å². The normalized spacial score (nSPS) is 13.0. The molecule has 5 N–H and O–H groups in total. The first-order valence-corrected chi connectivity index (χ1v) is 9.76. The molecule has 0 radical (unpaired) electrons. The van der Waals surface area contributed by atoms with Crippen molar-refractivity contribution in [3.8, 4) is 0 Å². The number of amides is 4. The summed E-state index contributed by atoms with van der Waals surface area (Å²) in [6, 6.07) is -2.33. The van der Waals surface area contributed by atoms with Crippen LogP contribution in [0.5, 0.6) is 0 Å². The van der Waals surface area contributed by atoms with E-state index in [0.29, 0.717) is 0 Å². The van der Waals surface area contributed by atoms with E-state index in [9.17, 15) is 24.0 Å². The van der Waals surface area contributed by atoms with Crippen LogP contribution in [-0.2, 0) is 28.7 Å². The van der Waals surface area contributed by atoms with E-state index in [4.69, 9.17) is 15.2 Å². The largest absolute Gasteiger partial charge is 0.465 e. The fourth-order valence-corrected chi connectivity index (χ4v) is 2.33. The Bertz CT molecular complexity index is 629. The van der Waals surface area contributed by atoms with Gasteiger partial charge in [-0.15, -0.1) is 0 Å². The van der Waals surface area contributed by atoms with Crippen LogP contribution in [0.1, 0.15) is 54.4 Å². The standard InChI is InChI=1S/C19H34N4O7/c1-7-29-15(25)10-21-16(26)12(8-11(2)3)22-17(27)13(9-14(20)24)23-18(28)30-19(4,5)6/h11-13H,7-10H2,1-6H3,(H2,20,24)(H,21,26)(H,22,27)(H,23,28)/t12-,13-/m0/s1.